The molecule has 3 nitrogen and oxygen atoms in total. The molecule has 0 aliphatic carbocycles. The maximum Gasteiger partial charge on any atom is 0.418 e. The van der Waals surface area contributed by atoms with Crippen LogP contribution < -0.4 is 11.1 Å². The van der Waals surface area contributed by atoms with Gasteiger partial charge in [-0.05, 0) is 38.5 Å². The Bertz CT molecular complexity index is 444. The molecule has 0 amide bonds. The first-order valence-corrected chi connectivity index (χ1v) is 5.90. The van der Waals surface area contributed by atoms with Gasteiger partial charge in [0, 0.05) is 17.8 Å². The predicted molar refractivity (Wildman–Crippen MR) is 75.8 cm³/mol. The van der Waals surface area contributed by atoms with E-state index in [1.807, 2.05) is 20.8 Å². The van der Waals surface area contributed by atoms with Crippen LogP contribution in [-0.4, -0.2) is 17.2 Å². The minimum atomic E-state index is -4.52. The number of alkyl halides is 3. The highest BCUT2D eigenvalue weighted by atomic mass is 35.5. The molecule has 0 aliphatic heterocycles. The van der Waals surface area contributed by atoms with Gasteiger partial charge in [-0.1, -0.05) is 6.07 Å². The molecule has 7 heteroatoms. The average molecular weight is 313 g/mol. The van der Waals surface area contributed by atoms with E-state index in [-0.39, 0.29) is 35.7 Å². The fourth-order valence-corrected chi connectivity index (χ4v) is 1.55. The van der Waals surface area contributed by atoms with Crippen molar-refractivity contribution in [2.45, 2.75) is 38.6 Å². The van der Waals surface area contributed by atoms with Crippen LogP contribution in [0.4, 0.5) is 18.9 Å². The highest BCUT2D eigenvalue weighted by Crippen LogP contribution is 2.35. The number of β-amino-alcohol motifs (C(OH)–C–C–N with tert-alkyl or cyclic N) is 1. The lowest BCUT2D eigenvalue weighted by molar-refractivity contribution is -0.137. The molecule has 0 spiro atoms. The van der Waals surface area contributed by atoms with E-state index in [2.05, 4.69) is 5.32 Å². The fourth-order valence-electron chi connectivity index (χ4n) is 1.55. The van der Waals surface area contributed by atoms with Crippen LogP contribution in [0, 0.1) is 0 Å². The van der Waals surface area contributed by atoms with E-state index in [0.717, 1.165) is 6.07 Å². The molecule has 20 heavy (non-hydrogen) atoms. The summed E-state index contributed by atoms with van der Waals surface area (Å²) in [6.07, 6.45) is -5.53. The molecule has 4 N–H and O–H groups in total. The largest absolute Gasteiger partial charge is 0.418 e. The Balaban J connectivity index is 0.00000361. The van der Waals surface area contributed by atoms with Gasteiger partial charge in [-0.2, -0.15) is 13.2 Å². The van der Waals surface area contributed by atoms with Gasteiger partial charge in [-0.25, -0.2) is 0 Å². The summed E-state index contributed by atoms with van der Waals surface area (Å²) in [7, 11) is 0. The van der Waals surface area contributed by atoms with Gasteiger partial charge >= 0.3 is 6.18 Å². The van der Waals surface area contributed by atoms with Crippen LogP contribution in [0.2, 0.25) is 0 Å². The monoisotopic (exact) mass is 312 g/mol. The number of nitrogens with two attached hydrogens (primary N) is 1. The van der Waals surface area contributed by atoms with Crippen LogP contribution in [0.5, 0.6) is 0 Å². The van der Waals surface area contributed by atoms with E-state index in [1.165, 1.54) is 12.1 Å². The lowest BCUT2D eigenvalue weighted by atomic mass is 10.0. The van der Waals surface area contributed by atoms with Crippen molar-refractivity contribution in [2.24, 2.45) is 0 Å². The van der Waals surface area contributed by atoms with Crippen molar-refractivity contribution in [1.29, 1.82) is 0 Å². The van der Waals surface area contributed by atoms with Gasteiger partial charge < -0.3 is 16.2 Å². The number of aliphatic hydroxyl groups excluding tert-OH is 1. The Kier molecular flexibility index (Phi) is 6.32. The number of nitrogen functional groups attached to an aromatic ring is 1. The summed E-state index contributed by atoms with van der Waals surface area (Å²) in [5.74, 6) is 0. The molecule has 0 heterocycles. The Hall–Kier alpha value is -0.980. The van der Waals surface area contributed by atoms with Gasteiger partial charge in [0.05, 0.1) is 11.7 Å². The fraction of sp³-hybridized carbons (Fsp3) is 0.538. The van der Waals surface area contributed by atoms with E-state index in [1.54, 1.807) is 0 Å². The van der Waals surface area contributed by atoms with Gasteiger partial charge in [0.25, 0.3) is 0 Å². The van der Waals surface area contributed by atoms with Crippen LogP contribution in [0.3, 0.4) is 0 Å². The van der Waals surface area contributed by atoms with Crippen LogP contribution >= 0.6 is 12.4 Å². The zero-order chi connectivity index (χ0) is 14.8. The van der Waals surface area contributed by atoms with Crippen LogP contribution in [0.25, 0.3) is 0 Å². The molecule has 1 rings (SSSR count). The quantitative estimate of drug-likeness (QED) is 0.752. The van der Waals surface area contributed by atoms with E-state index in [9.17, 15) is 18.3 Å². The maximum atomic E-state index is 12.7. The first kappa shape index (κ1) is 19.0. The van der Waals surface area contributed by atoms with Gasteiger partial charge in [0.15, 0.2) is 0 Å². The van der Waals surface area contributed by atoms with Crippen molar-refractivity contribution in [1.82, 2.24) is 5.32 Å². The molecule has 0 aliphatic rings. The molecule has 0 aromatic heterocycles. The van der Waals surface area contributed by atoms with E-state index >= 15 is 0 Å². The van der Waals surface area contributed by atoms with Crippen molar-refractivity contribution in [3.8, 4) is 0 Å². The molecule has 1 aromatic rings. The summed E-state index contributed by atoms with van der Waals surface area (Å²) in [6.45, 7) is 5.89. The number of rotatable bonds is 3. The Morgan fingerprint density at radius 2 is 1.80 bits per heavy atom. The number of hydrogen-bond donors (Lipinski definition) is 3. The molecule has 0 saturated carbocycles. The van der Waals surface area contributed by atoms with Crippen LogP contribution in [0.1, 0.15) is 38.0 Å². The Labute approximate surface area is 122 Å². The highest BCUT2D eigenvalue weighted by molar-refractivity contribution is 5.85. The minimum Gasteiger partial charge on any atom is -0.398 e. The standard InChI is InChI=1S/C13H19F3N2O.ClH/c1-12(2,3)18-7-11(19)8-4-5-10(17)9(6-8)13(14,15)16;/h4-6,11,18-19H,7,17H2,1-3H3;1H. The highest BCUT2D eigenvalue weighted by Gasteiger charge is 2.33. The summed E-state index contributed by atoms with van der Waals surface area (Å²) < 4.78 is 38.1. The van der Waals surface area contributed by atoms with Gasteiger partial charge in [0.1, 0.15) is 0 Å². The molecule has 0 fully saturated rings. The van der Waals surface area contributed by atoms with Crippen molar-refractivity contribution in [3.05, 3.63) is 29.3 Å². The number of benzene rings is 1. The number of nitrogens with one attached hydrogen (secondary N) is 1. The first-order chi connectivity index (χ1) is 8.50. The second-order valence-electron chi connectivity index (χ2n) is 5.49. The SMILES string of the molecule is CC(C)(C)NCC(O)c1ccc(N)c(C(F)(F)F)c1.Cl. The normalized spacial score (nSPS) is 13.8. The average Bonchev–Trinajstić information content (AvgIpc) is 2.24. The number of hydrogen-bond acceptors (Lipinski definition) is 3. The lowest BCUT2D eigenvalue weighted by Crippen LogP contribution is -2.38. The molecular formula is C13H20ClF3N2O. The predicted octanol–water partition coefficient (Wildman–Crippen LogP) is 3.13. The number of aliphatic hydroxyl groups is 1. The summed E-state index contributed by atoms with van der Waals surface area (Å²) in [5, 5.41) is 12.9. The van der Waals surface area contributed by atoms with E-state index in [4.69, 9.17) is 5.73 Å². The maximum absolute atomic E-state index is 12.7. The molecular weight excluding hydrogens is 293 g/mol. The van der Waals surface area contributed by atoms with Crippen molar-refractivity contribution < 1.29 is 18.3 Å². The van der Waals surface area contributed by atoms with Crippen molar-refractivity contribution in [3.63, 3.8) is 0 Å². The Morgan fingerprint density at radius 3 is 2.25 bits per heavy atom. The third kappa shape index (κ3) is 5.56. The molecule has 0 bridgehead atoms. The van der Waals surface area contributed by atoms with Crippen LogP contribution in [-0.2, 0) is 6.18 Å². The van der Waals surface area contributed by atoms with Crippen molar-refractivity contribution >= 4 is 18.1 Å². The van der Waals surface area contributed by atoms with E-state index < -0.39 is 17.8 Å². The van der Waals surface area contributed by atoms with Gasteiger partial charge in [0.2, 0.25) is 0 Å². The smallest absolute Gasteiger partial charge is 0.398 e. The Morgan fingerprint density at radius 1 is 1.25 bits per heavy atom. The molecule has 116 valence electrons. The first-order valence-electron chi connectivity index (χ1n) is 5.90. The molecule has 1 atom stereocenters. The second kappa shape index (κ2) is 6.65. The zero-order valence-electron chi connectivity index (χ0n) is 11.6. The summed E-state index contributed by atoms with van der Waals surface area (Å²) in [5.41, 5.74) is 4.02. The van der Waals surface area contributed by atoms with Gasteiger partial charge in [-0.15, -0.1) is 12.4 Å². The number of halogens is 4. The van der Waals surface area contributed by atoms with Crippen LogP contribution in [0.15, 0.2) is 18.2 Å². The zero-order valence-corrected chi connectivity index (χ0v) is 12.4. The molecule has 1 aromatic carbocycles. The van der Waals surface area contributed by atoms with E-state index in [0.29, 0.717) is 0 Å². The van der Waals surface area contributed by atoms with Gasteiger partial charge in [-0.3, -0.25) is 0 Å². The number of anilines is 1. The minimum absolute atomic E-state index is 0. The second-order valence-corrected chi connectivity index (χ2v) is 5.49. The third-order valence-corrected chi connectivity index (χ3v) is 2.59. The molecule has 1 unspecified atom stereocenters. The topological polar surface area (TPSA) is 58.3 Å². The summed E-state index contributed by atoms with van der Waals surface area (Å²) in [4.78, 5) is 0. The summed E-state index contributed by atoms with van der Waals surface area (Å²) in [6, 6.07) is 3.46. The third-order valence-electron chi connectivity index (χ3n) is 2.59. The lowest BCUT2D eigenvalue weighted by Gasteiger charge is -2.23. The summed E-state index contributed by atoms with van der Waals surface area (Å²) >= 11 is 0. The molecule has 0 radical (unpaired) electrons. The van der Waals surface area contributed by atoms with Crippen molar-refractivity contribution in [2.75, 3.05) is 12.3 Å². The molecule has 0 saturated heterocycles.